The van der Waals surface area contributed by atoms with Gasteiger partial charge in [0.2, 0.25) is 5.76 Å². The maximum absolute atomic E-state index is 11.7. The second-order valence-electron chi connectivity index (χ2n) is 3.96. The van der Waals surface area contributed by atoms with Gasteiger partial charge in [0.15, 0.2) is 0 Å². The molecule has 86 valence electrons. The summed E-state index contributed by atoms with van der Waals surface area (Å²) in [4.78, 5) is 16.0. The standard InChI is InChI=1S/C13H11NO3/c15-13(11-4-2-8-16-11)17-10-6-5-9-3-1-7-14-12(9)10/h1-4,7-8,10H,5-6H2/t10-/m0/s1. The van der Waals surface area contributed by atoms with Crippen LogP contribution in [0.1, 0.15) is 34.3 Å². The molecule has 0 saturated carbocycles. The van der Waals surface area contributed by atoms with E-state index >= 15 is 0 Å². The van der Waals surface area contributed by atoms with Gasteiger partial charge in [-0.25, -0.2) is 4.79 Å². The molecule has 2 aromatic heterocycles. The highest BCUT2D eigenvalue weighted by atomic mass is 16.6. The molecule has 4 heteroatoms. The van der Waals surface area contributed by atoms with Crippen LogP contribution in [0.15, 0.2) is 41.1 Å². The fraction of sp³-hybridized carbons (Fsp3) is 0.231. The van der Waals surface area contributed by atoms with Crippen molar-refractivity contribution >= 4 is 5.97 Å². The minimum Gasteiger partial charge on any atom is -0.457 e. The number of aromatic nitrogens is 1. The number of hydrogen-bond acceptors (Lipinski definition) is 4. The number of hydrogen-bond donors (Lipinski definition) is 0. The molecule has 0 aromatic carbocycles. The van der Waals surface area contributed by atoms with Gasteiger partial charge in [-0.15, -0.1) is 0 Å². The average molecular weight is 229 g/mol. The molecule has 0 unspecified atom stereocenters. The molecule has 17 heavy (non-hydrogen) atoms. The highest BCUT2D eigenvalue weighted by molar-refractivity contribution is 5.86. The average Bonchev–Trinajstić information content (AvgIpc) is 2.98. The number of carbonyl (C=O) groups excluding carboxylic acids is 1. The summed E-state index contributed by atoms with van der Waals surface area (Å²) in [7, 11) is 0. The molecule has 2 aromatic rings. The Kier molecular flexibility index (Phi) is 2.40. The lowest BCUT2D eigenvalue weighted by Crippen LogP contribution is -2.09. The molecule has 0 spiro atoms. The zero-order valence-electron chi connectivity index (χ0n) is 9.13. The van der Waals surface area contributed by atoms with Crippen molar-refractivity contribution in [3.63, 3.8) is 0 Å². The molecule has 0 amide bonds. The van der Waals surface area contributed by atoms with E-state index in [0.717, 1.165) is 24.1 Å². The Bertz CT molecular complexity index is 533. The summed E-state index contributed by atoms with van der Waals surface area (Å²) in [5, 5.41) is 0. The third-order valence-corrected chi connectivity index (χ3v) is 2.88. The third kappa shape index (κ3) is 1.82. The van der Waals surface area contributed by atoms with Crippen molar-refractivity contribution in [1.29, 1.82) is 0 Å². The van der Waals surface area contributed by atoms with E-state index in [1.165, 1.54) is 6.26 Å². The van der Waals surface area contributed by atoms with Gasteiger partial charge in [-0.05, 0) is 36.6 Å². The molecule has 1 atom stereocenters. The summed E-state index contributed by atoms with van der Waals surface area (Å²) in [6.45, 7) is 0. The molecule has 3 rings (SSSR count). The number of fused-ring (bicyclic) bond motifs is 1. The van der Waals surface area contributed by atoms with E-state index < -0.39 is 5.97 Å². The van der Waals surface area contributed by atoms with E-state index in [9.17, 15) is 4.79 Å². The Morgan fingerprint density at radius 3 is 3.18 bits per heavy atom. The minimum atomic E-state index is -0.432. The monoisotopic (exact) mass is 229 g/mol. The van der Waals surface area contributed by atoms with Gasteiger partial charge >= 0.3 is 5.97 Å². The first-order valence-corrected chi connectivity index (χ1v) is 5.53. The maximum Gasteiger partial charge on any atom is 0.374 e. The largest absolute Gasteiger partial charge is 0.457 e. The quantitative estimate of drug-likeness (QED) is 0.742. The first kappa shape index (κ1) is 10.1. The molecule has 0 saturated heterocycles. The normalized spacial score (nSPS) is 17.8. The first-order valence-electron chi connectivity index (χ1n) is 5.53. The number of furan rings is 1. The number of nitrogens with zero attached hydrogens (tertiary/aromatic N) is 1. The van der Waals surface area contributed by atoms with Crippen LogP contribution in [0.4, 0.5) is 0 Å². The first-order chi connectivity index (χ1) is 8.34. The molecular formula is C13H11NO3. The molecule has 0 N–H and O–H groups in total. The molecular weight excluding hydrogens is 218 g/mol. The van der Waals surface area contributed by atoms with E-state index in [0.29, 0.717) is 0 Å². The molecule has 4 nitrogen and oxygen atoms in total. The van der Waals surface area contributed by atoms with Gasteiger partial charge in [0, 0.05) is 6.20 Å². The lowest BCUT2D eigenvalue weighted by Gasteiger charge is -2.10. The van der Waals surface area contributed by atoms with Gasteiger partial charge in [0.1, 0.15) is 6.10 Å². The van der Waals surface area contributed by atoms with Crippen molar-refractivity contribution in [2.24, 2.45) is 0 Å². The zero-order valence-corrected chi connectivity index (χ0v) is 9.13. The summed E-state index contributed by atoms with van der Waals surface area (Å²) in [6, 6.07) is 7.17. The van der Waals surface area contributed by atoms with Crippen LogP contribution in [0.5, 0.6) is 0 Å². The highest BCUT2D eigenvalue weighted by Crippen LogP contribution is 2.32. The molecule has 1 aliphatic rings. The van der Waals surface area contributed by atoms with E-state index in [1.807, 2.05) is 12.1 Å². The SMILES string of the molecule is O=C(O[C@H]1CCc2cccnc21)c1ccco1. The molecule has 0 fully saturated rings. The van der Waals surface area contributed by atoms with Crippen molar-refractivity contribution in [3.8, 4) is 0 Å². The number of pyridine rings is 1. The molecule has 0 bridgehead atoms. The van der Waals surface area contributed by atoms with Crippen molar-refractivity contribution in [3.05, 3.63) is 53.7 Å². The van der Waals surface area contributed by atoms with Crippen LogP contribution in [0.2, 0.25) is 0 Å². The Morgan fingerprint density at radius 2 is 2.35 bits per heavy atom. The summed E-state index contributed by atoms with van der Waals surface area (Å²) in [6.07, 6.45) is 4.62. The van der Waals surface area contributed by atoms with Crippen molar-refractivity contribution in [2.45, 2.75) is 18.9 Å². The van der Waals surface area contributed by atoms with Crippen LogP contribution in [0.3, 0.4) is 0 Å². The van der Waals surface area contributed by atoms with Gasteiger partial charge < -0.3 is 9.15 Å². The summed E-state index contributed by atoms with van der Waals surface area (Å²) in [5.74, 6) is -0.201. The number of ether oxygens (including phenoxy) is 1. The number of carbonyl (C=O) groups is 1. The minimum absolute atomic E-state index is 0.231. The van der Waals surface area contributed by atoms with E-state index in [1.54, 1.807) is 18.3 Å². The summed E-state index contributed by atoms with van der Waals surface area (Å²) < 4.78 is 10.4. The van der Waals surface area contributed by atoms with Gasteiger partial charge in [0.05, 0.1) is 12.0 Å². The lowest BCUT2D eigenvalue weighted by atomic mass is 10.2. The van der Waals surface area contributed by atoms with E-state index in [4.69, 9.17) is 9.15 Å². The molecule has 2 heterocycles. The summed E-state index contributed by atoms with van der Waals surface area (Å²) in [5.41, 5.74) is 2.03. The Labute approximate surface area is 98.2 Å². The molecule has 0 aliphatic heterocycles. The van der Waals surface area contributed by atoms with E-state index in [2.05, 4.69) is 4.98 Å². The Balaban J connectivity index is 1.78. The smallest absolute Gasteiger partial charge is 0.374 e. The summed E-state index contributed by atoms with van der Waals surface area (Å²) >= 11 is 0. The van der Waals surface area contributed by atoms with Crippen LogP contribution in [0, 0.1) is 0 Å². The molecule has 1 aliphatic carbocycles. The second kappa shape index (κ2) is 4.05. The second-order valence-corrected chi connectivity index (χ2v) is 3.96. The van der Waals surface area contributed by atoms with Crippen LogP contribution < -0.4 is 0 Å². The van der Waals surface area contributed by atoms with Crippen molar-refractivity contribution in [1.82, 2.24) is 4.98 Å². The third-order valence-electron chi connectivity index (χ3n) is 2.88. The number of aryl methyl sites for hydroxylation is 1. The maximum atomic E-state index is 11.7. The highest BCUT2D eigenvalue weighted by Gasteiger charge is 2.27. The van der Waals surface area contributed by atoms with Crippen molar-refractivity contribution in [2.75, 3.05) is 0 Å². The van der Waals surface area contributed by atoms with Gasteiger partial charge in [0.25, 0.3) is 0 Å². The topological polar surface area (TPSA) is 52.3 Å². The number of rotatable bonds is 2. The van der Waals surface area contributed by atoms with Crippen LogP contribution in [0.25, 0.3) is 0 Å². The van der Waals surface area contributed by atoms with Gasteiger partial charge in [-0.2, -0.15) is 0 Å². The predicted octanol–water partition coefficient (Wildman–Crippen LogP) is 2.52. The fourth-order valence-electron chi connectivity index (χ4n) is 2.07. The van der Waals surface area contributed by atoms with E-state index in [-0.39, 0.29) is 11.9 Å². The van der Waals surface area contributed by atoms with Crippen LogP contribution >= 0.6 is 0 Å². The molecule has 0 radical (unpaired) electrons. The number of esters is 1. The fourth-order valence-corrected chi connectivity index (χ4v) is 2.07. The zero-order chi connectivity index (χ0) is 11.7. The predicted molar refractivity (Wildman–Crippen MR) is 59.4 cm³/mol. The van der Waals surface area contributed by atoms with Crippen molar-refractivity contribution < 1.29 is 13.9 Å². The Morgan fingerprint density at radius 1 is 1.41 bits per heavy atom. The van der Waals surface area contributed by atoms with Gasteiger partial charge in [-0.1, -0.05) is 6.07 Å². The Hall–Kier alpha value is -2.10. The van der Waals surface area contributed by atoms with Crippen LogP contribution in [-0.4, -0.2) is 11.0 Å². The van der Waals surface area contributed by atoms with Gasteiger partial charge in [-0.3, -0.25) is 4.98 Å². The lowest BCUT2D eigenvalue weighted by molar-refractivity contribution is 0.0257. The van der Waals surface area contributed by atoms with Crippen LogP contribution in [-0.2, 0) is 11.2 Å².